The molecule has 46 heavy (non-hydrogen) atoms. The molecule has 1 heterocycles. The number of fused-ring (bicyclic) bond motifs is 1. The van der Waals surface area contributed by atoms with Gasteiger partial charge in [-0.25, -0.2) is 18.6 Å². The second-order valence-electron chi connectivity index (χ2n) is 12.3. The molecule has 0 fully saturated rings. The summed E-state index contributed by atoms with van der Waals surface area (Å²) >= 11 is 0. The molecule has 0 saturated heterocycles. The Labute approximate surface area is 265 Å². The fourth-order valence-electron chi connectivity index (χ4n) is 5.72. The predicted molar refractivity (Wildman–Crippen MR) is 171 cm³/mol. The number of nitrogens with zero attached hydrogens (tertiary/aromatic N) is 2. The highest BCUT2D eigenvalue weighted by atomic mass is 19.1. The number of aryl methyl sites for hydroxylation is 3. The summed E-state index contributed by atoms with van der Waals surface area (Å²) in [7, 11) is 1.70. The number of aliphatic hydroxyl groups excluding tert-OH is 1. The molecule has 9 nitrogen and oxygen atoms in total. The Balaban J connectivity index is 1.61. The molecule has 0 spiro atoms. The number of aliphatic hydroxyl groups is 1. The van der Waals surface area contributed by atoms with E-state index in [1.807, 2.05) is 0 Å². The third kappa shape index (κ3) is 5.93. The molecule has 0 bridgehead atoms. The molecule has 0 aliphatic heterocycles. The molecule has 1 amide bonds. The number of anilines is 1. The zero-order chi connectivity index (χ0) is 33.6. The van der Waals surface area contributed by atoms with Crippen LogP contribution >= 0.6 is 0 Å². The van der Waals surface area contributed by atoms with Gasteiger partial charge in [-0.2, -0.15) is 0 Å². The van der Waals surface area contributed by atoms with E-state index in [1.165, 1.54) is 24.3 Å². The lowest BCUT2D eigenvalue weighted by molar-refractivity contribution is -0.0209. The molecule has 0 radical (unpaired) electrons. The number of hydrogen-bond donors (Lipinski definition) is 4. The van der Waals surface area contributed by atoms with Crippen LogP contribution in [0, 0.1) is 30.9 Å². The molecule has 2 unspecified atom stereocenters. The molecule has 4 aromatic carbocycles. The van der Waals surface area contributed by atoms with Gasteiger partial charge in [-0.3, -0.25) is 0 Å². The van der Waals surface area contributed by atoms with Gasteiger partial charge in [-0.05, 0) is 97.1 Å². The molecule has 0 aliphatic carbocycles. The first-order valence-corrected chi connectivity index (χ1v) is 14.5. The SMILES string of the molecule is Cc1cc(Oc2ccc(N)c(C(NC(=O)O)(C(O)c3nc4ccc(Oc5ccc(F)c(C)c5)cc4n3C)C(C)(C)C)c2)ccc1F. The van der Waals surface area contributed by atoms with Crippen molar-refractivity contribution in [3.8, 4) is 23.0 Å². The summed E-state index contributed by atoms with van der Waals surface area (Å²) in [6, 6.07) is 18.6. The summed E-state index contributed by atoms with van der Waals surface area (Å²) in [5.41, 5.74) is 6.19. The third-order valence-electron chi connectivity index (χ3n) is 8.21. The zero-order valence-corrected chi connectivity index (χ0v) is 26.4. The number of nitrogens with two attached hydrogens (primary N) is 1. The van der Waals surface area contributed by atoms with Crippen LogP contribution in [-0.4, -0.2) is 25.9 Å². The van der Waals surface area contributed by atoms with E-state index in [2.05, 4.69) is 5.32 Å². The number of hydrogen-bond acceptors (Lipinski definition) is 6. The van der Waals surface area contributed by atoms with Crippen molar-refractivity contribution in [2.75, 3.05) is 5.73 Å². The summed E-state index contributed by atoms with van der Waals surface area (Å²) in [5.74, 6) is 1.02. The number of carboxylic acid groups (broad SMARTS) is 1. The van der Waals surface area contributed by atoms with Crippen molar-refractivity contribution in [1.29, 1.82) is 0 Å². The van der Waals surface area contributed by atoms with Gasteiger partial charge in [0, 0.05) is 24.4 Å². The van der Waals surface area contributed by atoms with E-state index in [9.17, 15) is 23.8 Å². The van der Waals surface area contributed by atoms with Gasteiger partial charge in [0.1, 0.15) is 52.1 Å². The molecule has 11 heteroatoms. The van der Waals surface area contributed by atoms with Crippen molar-refractivity contribution in [3.05, 3.63) is 107 Å². The lowest BCUT2D eigenvalue weighted by Gasteiger charge is -2.48. The maximum absolute atomic E-state index is 13.9. The molecule has 1 aromatic heterocycles. The Kier molecular flexibility index (Phi) is 8.39. The fourth-order valence-corrected chi connectivity index (χ4v) is 5.72. The Bertz CT molecular complexity index is 1950. The van der Waals surface area contributed by atoms with Crippen molar-refractivity contribution < 1.29 is 33.3 Å². The van der Waals surface area contributed by atoms with E-state index < -0.39 is 23.2 Å². The van der Waals surface area contributed by atoms with Crippen LogP contribution in [0.1, 0.15) is 49.4 Å². The quantitative estimate of drug-likeness (QED) is 0.128. The Hall–Kier alpha value is -5.16. The molecule has 5 N–H and O–H groups in total. The van der Waals surface area contributed by atoms with Crippen LogP contribution in [0.2, 0.25) is 0 Å². The van der Waals surface area contributed by atoms with Crippen molar-refractivity contribution >= 4 is 22.8 Å². The maximum atomic E-state index is 13.9. The minimum Gasteiger partial charge on any atom is -0.465 e. The van der Waals surface area contributed by atoms with E-state index in [4.69, 9.17) is 20.2 Å². The molecule has 0 saturated carbocycles. The van der Waals surface area contributed by atoms with Crippen molar-refractivity contribution in [1.82, 2.24) is 14.9 Å². The summed E-state index contributed by atoms with van der Waals surface area (Å²) in [5, 5.41) is 25.0. The predicted octanol–water partition coefficient (Wildman–Crippen LogP) is 7.88. The molecule has 0 aliphatic rings. The minimum absolute atomic E-state index is 0.160. The van der Waals surface area contributed by atoms with Gasteiger partial charge in [0.2, 0.25) is 0 Å². The zero-order valence-electron chi connectivity index (χ0n) is 26.4. The summed E-state index contributed by atoms with van der Waals surface area (Å²) in [6.45, 7) is 8.60. The van der Waals surface area contributed by atoms with Gasteiger partial charge in [-0.15, -0.1) is 0 Å². The number of rotatable bonds is 8. The van der Waals surface area contributed by atoms with E-state index in [0.29, 0.717) is 45.2 Å². The van der Waals surface area contributed by atoms with Gasteiger partial charge in [0.25, 0.3) is 0 Å². The highest BCUT2D eigenvalue weighted by Crippen LogP contribution is 2.51. The molecule has 240 valence electrons. The van der Waals surface area contributed by atoms with Crippen LogP contribution in [0.25, 0.3) is 11.0 Å². The first-order valence-electron chi connectivity index (χ1n) is 14.5. The van der Waals surface area contributed by atoms with Gasteiger partial charge < -0.3 is 35.3 Å². The maximum Gasteiger partial charge on any atom is 0.405 e. The second kappa shape index (κ2) is 12.0. The molecule has 5 rings (SSSR count). The average Bonchev–Trinajstić information content (AvgIpc) is 3.31. The smallest absolute Gasteiger partial charge is 0.405 e. The summed E-state index contributed by atoms with van der Waals surface area (Å²) < 4.78 is 41.3. The van der Waals surface area contributed by atoms with Crippen molar-refractivity contribution in [3.63, 3.8) is 0 Å². The highest BCUT2D eigenvalue weighted by Gasteiger charge is 2.54. The summed E-state index contributed by atoms with van der Waals surface area (Å²) in [4.78, 5) is 17.2. The number of nitrogens with one attached hydrogen (secondary N) is 1. The number of halogens is 2. The highest BCUT2D eigenvalue weighted by molar-refractivity contribution is 5.78. The monoisotopic (exact) mass is 630 g/mol. The van der Waals surface area contributed by atoms with Crippen LogP contribution in [0.15, 0.2) is 72.8 Å². The van der Waals surface area contributed by atoms with Crippen LogP contribution in [0.4, 0.5) is 19.3 Å². The number of imidazole rings is 1. The average molecular weight is 631 g/mol. The van der Waals surface area contributed by atoms with Gasteiger partial charge in [0.15, 0.2) is 0 Å². The lowest BCUT2D eigenvalue weighted by Crippen LogP contribution is -2.58. The van der Waals surface area contributed by atoms with Crippen LogP contribution in [-0.2, 0) is 12.6 Å². The first-order chi connectivity index (χ1) is 21.6. The largest absolute Gasteiger partial charge is 0.465 e. The lowest BCUT2D eigenvalue weighted by atomic mass is 9.65. The number of amides is 1. The molecule has 5 aromatic rings. The number of nitrogen functional groups attached to an aromatic ring is 1. The second-order valence-corrected chi connectivity index (χ2v) is 12.3. The first kappa shape index (κ1) is 32.2. The molecule has 2 atom stereocenters. The van der Waals surface area contributed by atoms with E-state index >= 15 is 0 Å². The van der Waals surface area contributed by atoms with Gasteiger partial charge in [-0.1, -0.05) is 20.8 Å². The van der Waals surface area contributed by atoms with Crippen LogP contribution < -0.4 is 20.5 Å². The van der Waals surface area contributed by atoms with Gasteiger partial charge >= 0.3 is 6.09 Å². The van der Waals surface area contributed by atoms with E-state index in [0.717, 1.165) is 0 Å². The standard InChI is InChI=1S/C35H36F2N4O5/c1-19-15-21(7-11-26(19)36)45-23-9-13-28(38)25(17-23)35(34(3,4)5,40-33(43)44)31(42)32-39-29-14-10-24(18-30(29)41(32)6)46-22-8-12-27(37)20(2)16-22/h7-18,31,40,42H,38H2,1-6H3,(H,43,44). The molecular formula is C35H36F2N4O5. The fraction of sp³-hybridized carbons (Fsp3) is 0.257. The Morgan fingerprint density at radius 2 is 1.37 bits per heavy atom. The minimum atomic E-state index is -1.75. The van der Waals surface area contributed by atoms with Crippen molar-refractivity contribution in [2.24, 2.45) is 12.5 Å². The molecular weight excluding hydrogens is 594 g/mol. The van der Waals surface area contributed by atoms with E-state index in [-0.39, 0.29) is 28.7 Å². The normalized spacial score (nSPS) is 13.7. The third-order valence-corrected chi connectivity index (χ3v) is 8.21. The van der Waals surface area contributed by atoms with Crippen LogP contribution in [0.3, 0.4) is 0 Å². The Morgan fingerprint density at radius 3 is 1.89 bits per heavy atom. The number of carbonyl (C=O) groups is 1. The van der Waals surface area contributed by atoms with Gasteiger partial charge in [0.05, 0.1) is 11.0 Å². The number of aromatic nitrogens is 2. The summed E-state index contributed by atoms with van der Waals surface area (Å²) in [6.07, 6.45) is -2.95. The Morgan fingerprint density at radius 1 is 0.870 bits per heavy atom. The topological polar surface area (TPSA) is 132 Å². The van der Waals surface area contributed by atoms with E-state index in [1.54, 1.807) is 94.8 Å². The van der Waals surface area contributed by atoms with Crippen LogP contribution in [0.5, 0.6) is 23.0 Å². The van der Waals surface area contributed by atoms with Crippen molar-refractivity contribution in [2.45, 2.75) is 46.3 Å². The number of benzene rings is 4. The number of ether oxygens (including phenoxy) is 2.